The van der Waals surface area contributed by atoms with Crippen molar-refractivity contribution in [3.63, 3.8) is 0 Å². The topological polar surface area (TPSA) is 78.9 Å². The minimum absolute atomic E-state index is 0.0341. The van der Waals surface area contributed by atoms with E-state index in [0.717, 1.165) is 51.2 Å². The van der Waals surface area contributed by atoms with Gasteiger partial charge in [0.2, 0.25) is 0 Å². The highest BCUT2D eigenvalue weighted by Gasteiger charge is 2.57. The molecule has 3 saturated carbocycles. The first-order valence-electron chi connectivity index (χ1n) is 14.1. The van der Waals surface area contributed by atoms with Crippen LogP contribution in [0.5, 0.6) is 0 Å². The van der Waals surface area contributed by atoms with E-state index in [1.54, 1.807) is 0 Å². The van der Waals surface area contributed by atoms with Crippen molar-refractivity contribution >= 4 is 24.4 Å². The number of hydrogen-bond donors (Lipinski definition) is 0. The van der Waals surface area contributed by atoms with Gasteiger partial charge in [-0.2, -0.15) is 8.42 Å². The van der Waals surface area contributed by atoms with Crippen molar-refractivity contribution in [2.24, 2.45) is 34.5 Å². The highest BCUT2D eigenvalue weighted by atomic mass is 32.2. The molecule has 0 aromatic rings. The molecule has 0 bridgehead atoms. The lowest BCUT2D eigenvalue weighted by Crippen LogP contribution is -2.54. The molecule has 3 fully saturated rings. The predicted octanol–water partition coefficient (Wildman–Crippen LogP) is 6.72. The number of allylic oxidation sites excluding steroid dienone is 1. The molecule has 7 atom stereocenters. The van der Waals surface area contributed by atoms with Gasteiger partial charge in [-0.15, -0.1) is 0 Å². The maximum Gasteiger partial charge on any atom is 0.302 e. The van der Waals surface area contributed by atoms with Crippen molar-refractivity contribution in [3.05, 3.63) is 12.2 Å². The third-order valence-corrected chi connectivity index (χ3v) is 16.1. The van der Waals surface area contributed by atoms with Crippen LogP contribution in [0.2, 0.25) is 18.1 Å². The summed E-state index contributed by atoms with van der Waals surface area (Å²) in [6.45, 7) is 22.6. The summed E-state index contributed by atoms with van der Waals surface area (Å²) in [5.74, 6) is 0.658. The van der Waals surface area contributed by atoms with E-state index >= 15 is 0 Å². The summed E-state index contributed by atoms with van der Waals surface area (Å²) >= 11 is 0. The van der Waals surface area contributed by atoms with Crippen molar-refractivity contribution < 1.29 is 26.6 Å². The van der Waals surface area contributed by atoms with Gasteiger partial charge < -0.3 is 9.16 Å². The molecular weight excluding hydrogens is 504 g/mol. The van der Waals surface area contributed by atoms with Crippen LogP contribution in [-0.4, -0.2) is 48.3 Å². The number of fused-ring (bicyclic) bond motifs is 1. The molecule has 0 radical (unpaired) electrons. The molecule has 0 amide bonds. The summed E-state index contributed by atoms with van der Waals surface area (Å²) in [5, 5.41) is 0.131. The molecule has 8 heteroatoms. The fraction of sp³-hybridized carbons (Fsp3) is 0.897. The van der Waals surface area contributed by atoms with Gasteiger partial charge in [0, 0.05) is 18.9 Å². The maximum atomic E-state index is 12.1. The van der Waals surface area contributed by atoms with E-state index < -0.39 is 18.4 Å². The zero-order chi connectivity index (χ0) is 28.0. The van der Waals surface area contributed by atoms with E-state index in [-0.39, 0.29) is 52.3 Å². The zero-order valence-corrected chi connectivity index (χ0v) is 26.6. The summed E-state index contributed by atoms with van der Waals surface area (Å²) in [7, 11) is -5.48. The summed E-state index contributed by atoms with van der Waals surface area (Å²) in [5.41, 5.74) is 1.24. The Bertz CT molecular complexity index is 969. The molecule has 6 nitrogen and oxygen atoms in total. The van der Waals surface area contributed by atoms with E-state index in [1.165, 1.54) is 12.5 Å². The third kappa shape index (κ3) is 6.55. The highest BCUT2D eigenvalue weighted by molar-refractivity contribution is 7.85. The number of carbonyl (C=O) groups is 1. The Morgan fingerprint density at radius 3 is 2.30 bits per heavy atom. The van der Waals surface area contributed by atoms with E-state index in [4.69, 9.17) is 13.3 Å². The van der Waals surface area contributed by atoms with Crippen LogP contribution < -0.4 is 0 Å². The molecule has 214 valence electrons. The van der Waals surface area contributed by atoms with Gasteiger partial charge in [0.1, 0.15) is 0 Å². The Balaban J connectivity index is 1.92. The average Bonchev–Trinajstić information content (AvgIpc) is 3.05. The molecule has 3 aliphatic carbocycles. The van der Waals surface area contributed by atoms with Crippen LogP contribution in [0.3, 0.4) is 0 Å². The Kier molecular flexibility index (Phi) is 8.92. The molecule has 2 unspecified atom stereocenters. The summed E-state index contributed by atoms with van der Waals surface area (Å²) in [6, 6.07) is 0. The average molecular weight is 557 g/mol. The second-order valence-corrected chi connectivity index (χ2v) is 20.6. The highest BCUT2D eigenvalue weighted by Crippen LogP contribution is 2.63. The number of hydrogen-bond acceptors (Lipinski definition) is 6. The van der Waals surface area contributed by atoms with Crippen LogP contribution in [0.4, 0.5) is 0 Å². The quantitative estimate of drug-likeness (QED) is 0.143. The van der Waals surface area contributed by atoms with Gasteiger partial charge in [-0.25, -0.2) is 0 Å². The molecular formula is C29H52O6SSi. The first-order valence-corrected chi connectivity index (χ1v) is 18.9. The molecule has 37 heavy (non-hydrogen) atoms. The van der Waals surface area contributed by atoms with Gasteiger partial charge in [0.25, 0.3) is 10.1 Å². The normalized spacial score (nSPS) is 37.3. The van der Waals surface area contributed by atoms with Crippen molar-refractivity contribution in [1.29, 1.82) is 0 Å². The minimum atomic E-state index is -3.54. The van der Waals surface area contributed by atoms with Gasteiger partial charge >= 0.3 is 5.97 Å². The predicted molar refractivity (Wildman–Crippen MR) is 151 cm³/mol. The van der Waals surface area contributed by atoms with Crippen molar-refractivity contribution in [1.82, 2.24) is 0 Å². The molecule has 3 aliphatic rings. The smallest absolute Gasteiger partial charge is 0.302 e. The van der Waals surface area contributed by atoms with Crippen molar-refractivity contribution in [2.45, 2.75) is 111 Å². The van der Waals surface area contributed by atoms with Gasteiger partial charge in [-0.05, 0) is 91.7 Å². The molecule has 0 aliphatic heterocycles. The molecule has 0 spiro atoms. The van der Waals surface area contributed by atoms with Gasteiger partial charge in [0.15, 0.2) is 8.32 Å². The van der Waals surface area contributed by atoms with E-state index in [0.29, 0.717) is 12.5 Å². The maximum absolute atomic E-state index is 12.1. The first kappa shape index (κ1) is 30.8. The lowest BCUT2D eigenvalue weighted by molar-refractivity contribution is -0.150. The van der Waals surface area contributed by atoms with Crippen LogP contribution in [0.1, 0.15) is 86.5 Å². The van der Waals surface area contributed by atoms with Crippen LogP contribution >= 0.6 is 0 Å². The number of carbonyl (C=O) groups excluding carboxylic acids is 1. The monoisotopic (exact) mass is 556 g/mol. The number of ether oxygens (including phenoxy) is 1. The van der Waals surface area contributed by atoms with Crippen molar-refractivity contribution in [3.8, 4) is 0 Å². The summed E-state index contributed by atoms with van der Waals surface area (Å²) in [4.78, 5) is 11.9. The lowest BCUT2D eigenvalue weighted by Gasteiger charge is -2.57. The third-order valence-electron chi connectivity index (χ3n) is 11.0. The zero-order valence-electron chi connectivity index (χ0n) is 24.8. The minimum Gasteiger partial charge on any atom is -0.466 e. The molecule has 0 saturated heterocycles. The molecule has 0 heterocycles. The van der Waals surface area contributed by atoms with Crippen LogP contribution in [0.15, 0.2) is 12.2 Å². The largest absolute Gasteiger partial charge is 0.466 e. The SMILES string of the molecule is C=C1CCC2[C@H](COS(C)(=O)=O)C([C@@]3(C)CC[C@H](O[Si](C)(C)C(C)(C)C)C[C@@H]3COC(C)=O)CC[C@]12C. The summed E-state index contributed by atoms with van der Waals surface area (Å²) in [6.07, 6.45) is 8.21. The van der Waals surface area contributed by atoms with Gasteiger partial charge in [-0.1, -0.05) is 46.8 Å². The van der Waals surface area contributed by atoms with Crippen LogP contribution in [-0.2, 0) is 28.3 Å². The van der Waals surface area contributed by atoms with Crippen molar-refractivity contribution in [2.75, 3.05) is 19.5 Å². The van der Waals surface area contributed by atoms with Crippen LogP contribution in [0, 0.1) is 34.5 Å². The van der Waals surface area contributed by atoms with Crippen LogP contribution in [0.25, 0.3) is 0 Å². The second kappa shape index (κ2) is 10.7. The molecule has 3 rings (SSSR count). The molecule has 0 aromatic carbocycles. The Morgan fingerprint density at radius 2 is 1.73 bits per heavy atom. The number of esters is 1. The molecule has 0 aromatic heterocycles. The van der Waals surface area contributed by atoms with Gasteiger partial charge in [-0.3, -0.25) is 8.98 Å². The fourth-order valence-corrected chi connectivity index (χ4v) is 9.30. The lowest BCUT2D eigenvalue weighted by atomic mass is 9.49. The van der Waals surface area contributed by atoms with E-state index in [1.807, 2.05) is 0 Å². The Morgan fingerprint density at radius 1 is 1.08 bits per heavy atom. The Hall–Kier alpha value is -0.703. The second-order valence-electron chi connectivity index (χ2n) is 14.2. The van der Waals surface area contributed by atoms with E-state index in [9.17, 15) is 13.2 Å². The fourth-order valence-electron chi connectivity index (χ4n) is 7.49. The summed E-state index contributed by atoms with van der Waals surface area (Å²) < 4.78 is 42.2. The van der Waals surface area contributed by atoms with E-state index in [2.05, 4.69) is 54.3 Å². The number of rotatable bonds is 8. The Labute approximate surface area is 227 Å². The molecule has 0 N–H and O–H groups in total. The first-order chi connectivity index (χ1) is 16.8. The standard InChI is InChI=1S/C29H52O6SSi/c1-20-11-12-25-24(19-34-36(8,31)32)26(14-16-28(20,25)6)29(7)15-13-23(17-22(29)18-33-21(2)30)35-37(9,10)27(3,4)5/h22-26H,1,11-19H2,2-10H3/t22-,23+,24+,25?,26?,28-,29+/m1/s1. The van der Waals surface area contributed by atoms with Gasteiger partial charge in [0.05, 0.1) is 19.5 Å².